The van der Waals surface area contributed by atoms with Crippen LogP contribution in [0, 0.1) is 0 Å². The van der Waals surface area contributed by atoms with Crippen molar-refractivity contribution in [1.82, 2.24) is 19.9 Å². The number of amides is 1. The Morgan fingerprint density at radius 1 is 0.929 bits per heavy atom. The van der Waals surface area contributed by atoms with Gasteiger partial charge in [-0.05, 0) is 36.2 Å². The second kappa shape index (κ2) is 8.48. The lowest BCUT2D eigenvalue weighted by Gasteiger charge is -2.10. The van der Waals surface area contributed by atoms with Gasteiger partial charge in [0.2, 0.25) is 0 Å². The summed E-state index contributed by atoms with van der Waals surface area (Å²) in [6, 6.07) is 23.9. The molecule has 0 saturated carbocycles. The molecule has 28 heavy (non-hydrogen) atoms. The van der Waals surface area contributed by atoms with Gasteiger partial charge in [-0.15, -0.1) is 0 Å². The summed E-state index contributed by atoms with van der Waals surface area (Å²) in [5.41, 5.74) is 3.83. The van der Waals surface area contributed by atoms with E-state index < -0.39 is 0 Å². The number of imidazole rings is 1. The number of aryl methyl sites for hydroxylation is 1. The molecule has 0 bridgehead atoms. The number of carbonyl (C=O) groups excluding carboxylic acids is 1. The van der Waals surface area contributed by atoms with Crippen molar-refractivity contribution in [3.05, 3.63) is 96.1 Å². The van der Waals surface area contributed by atoms with Gasteiger partial charge in [-0.3, -0.25) is 9.78 Å². The summed E-state index contributed by atoms with van der Waals surface area (Å²) >= 11 is 0. The molecule has 2 aromatic heterocycles. The van der Waals surface area contributed by atoms with Crippen LogP contribution in [-0.2, 0) is 13.0 Å². The fourth-order valence-corrected chi connectivity index (χ4v) is 3.29. The van der Waals surface area contributed by atoms with E-state index >= 15 is 0 Å². The van der Waals surface area contributed by atoms with Crippen molar-refractivity contribution < 1.29 is 4.79 Å². The number of nitrogens with one attached hydrogen (secondary N) is 1. The second-order valence-corrected chi connectivity index (χ2v) is 6.66. The van der Waals surface area contributed by atoms with Crippen molar-refractivity contribution in [1.29, 1.82) is 0 Å². The second-order valence-electron chi connectivity index (χ2n) is 6.66. The zero-order valence-electron chi connectivity index (χ0n) is 15.6. The molecule has 5 heteroatoms. The number of hydrogen-bond donors (Lipinski definition) is 1. The Morgan fingerprint density at radius 3 is 2.54 bits per heavy atom. The zero-order valence-corrected chi connectivity index (χ0v) is 15.6. The van der Waals surface area contributed by atoms with E-state index in [-0.39, 0.29) is 5.91 Å². The molecule has 1 amide bonds. The third-order valence-corrected chi connectivity index (χ3v) is 4.68. The smallest absolute Gasteiger partial charge is 0.269 e. The summed E-state index contributed by atoms with van der Waals surface area (Å²) in [5, 5.41) is 2.93. The van der Waals surface area contributed by atoms with Gasteiger partial charge in [0.1, 0.15) is 11.5 Å². The molecule has 2 aromatic carbocycles. The molecule has 0 aliphatic heterocycles. The Morgan fingerprint density at radius 2 is 1.71 bits per heavy atom. The first-order valence-corrected chi connectivity index (χ1v) is 9.48. The van der Waals surface area contributed by atoms with E-state index in [2.05, 4.69) is 45.2 Å². The molecule has 2 heterocycles. The van der Waals surface area contributed by atoms with E-state index in [1.54, 1.807) is 18.3 Å². The molecule has 1 N–H and O–H groups in total. The Bertz CT molecular complexity index is 1060. The van der Waals surface area contributed by atoms with Gasteiger partial charge < -0.3 is 9.88 Å². The van der Waals surface area contributed by atoms with Crippen LogP contribution in [-0.4, -0.2) is 27.0 Å². The maximum Gasteiger partial charge on any atom is 0.269 e. The molecule has 0 radical (unpaired) electrons. The summed E-state index contributed by atoms with van der Waals surface area (Å²) in [7, 11) is 0. The molecule has 0 aliphatic rings. The van der Waals surface area contributed by atoms with Crippen LogP contribution in [0.2, 0.25) is 0 Å². The molecule has 140 valence electrons. The summed E-state index contributed by atoms with van der Waals surface area (Å²) in [4.78, 5) is 21.0. The van der Waals surface area contributed by atoms with Crippen LogP contribution in [0.1, 0.15) is 28.3 Å². The Labute approximate surface area is 164 Å². The predicted octanol–water partition coefficient (Wildman–Crippen LogP) is 3.84. The zero-order chi connectivity index (χ0) is 19.2. The van der Waals surface area contributed by atoms with E-state index in [4.69, 9.17) is 4.98 Å². The first-order chi connectivity index (χ1) is 13.8. The van der Waals surface area contributed by atoms with Gasteiger partial charge in [-0.1, -0.05) is 48.5 Å². The highest BCUT2D eigenvalue weighted by atomic mass is 16.1. The molecule has 4 aromatic rings. The van der Waals surface area contributed by atoms with Crippen LogP contribution in [0.4, 0.5) is 0 Å². The Hall–Kier alpha value is -3.47. The van der Waals surface area contributed by atoms with Gasteiger partial charge in [0.25, 0.3) is 5.91 Å². The minimum atomic E-state index is -0.140. The third kappa shape index (κ3) is 4.09. The van der Waals surface area contributed by atoms with Crippen LogP contribution in [0.25, 0.3) is 11.0 Å². The van der Waals surface area contributed by atoms with Gasteiger partial charge in [0, 0.05) is 25.7 Å². The van der Waals surface area contributed by atoms with Gasteiger partial charge >= 0.3 is 0 Å². The van der Waals surface area contributed by atoms with Gasteiger partial charge in [0.15, 0.2) is 0 Å². The van der Waals surface area contributed by atoms with Gasteiger partial charge in [0.05, 0.1) is 11.0 Å². The Balaban J connectivity index is 1.44. The van der Waals surface area contributed by atoms with E-state index in [0.29, 0.717) is 12.2 Å². The quantitative estimate of drug-likeness (QED) is 0.503. The third-order valence-electron chi connectivity index (χ3n) is 4.68. The van der Waals surface area contributed by atoms with Crippen molar-refractivity contribution in [2.45, 2.75) is 19.4 Å². The predicted molar refractivity (Wildman–Crippen MR) is 110 cm³/mol. The largest absolute Gasteiger partial charge is 0.351 e. The lowest BCUT2D eigenvalue weighted by Crippen LogP contribution is -2.25. The van der Waals surface area contributed by atoms with E-state index in [1.807, 2.05) is 30.3 Å². The number of carbonyl (C=O) groups is 1. The van der Waals surface area contributed by atoms with Crippen LogP contribution >= 0.6 is 0 Å². The minimum absolute atomic E-state index is 0.140. The van der Waals surface area contributed by atoms with Crippen LogP contribution < -0.4 is 5.32 Å². The highest BCUT2D eigenvalue weighted by molar-refractivity contribution is 5.92. The van der Waals surface area contributed by atoms with Crippen LogP contribution in [0.15, 0.2) is 79.0 Å². The van der Waals surface area contributed by atoms with Crippen LogP contribution in [0.3, 0.4) is 0 Å². The van der Waals surface area contributed by atoms with Crippen molar-refractivity contribution >= 4 is 16.9 Å². The number of rotatable bonds is 7. The summed E-state index contributed by atoms with van der Waals surface area (Å²) < 4.78 is 2.27. The molecule has 0 spiro atoms. The lowest BCUT2D eigenvalue weighted by atomic mass is 10.2. The average Bonchev–Trinajstić information content (AvgIpc) is 3.10. The van der Waals surface area contributed by atoms with Crippen molar-refractivity contribution in [2.75, 3.05) is 6.54 Å². The number of hydrogen-bond acceptors (Lipinski definition) is 3. The normalized spacial score (nSPS) is 10.9. The minimum Gasteiger partial charge on any atom is -0.351 e. The molecule has 0 fully saturated rings. The highest BCUT2D eigenvalue weighted by Crippen LogP contribution is 2.19. The fourth-order valence-electron chi connectivity index (χ4n) is 3.29. The van der Waals surface area contributed by atoms with E-state index in [1.165, 1.54) is 5.56 Å². The SMILES string of the molecule is O=C(NCCCc1nc2ccccc2n1Cc1ccccc1)c1ccccn1. The number of aromatic nitrogens is 3. The first kappa shape index (κ1) is 17.9. The van der Waals surface area contributed by atoms with E-state index in [9.17, 15) is 4.79 Å². The van der Waals surface area contributed by atoms with Gasteiger partial charge in [-0.2, -0.15) is 0 Å². The maximum atomic E-state index is 12.1. The number of nitrogens with zero attached hydrogens (tertiary/aromatic N) is 3. The molecule has 5 nitrogen and oxygen atoms in total. The monoisotopic (exact) mass is 370 g/mol. The van der Waals surface area contributed by atoms with Crippen molar-refractivity contribution in [3.63, 3.8) is 0 Å². The highest BCUT2D eigenvalue weighted by Gasteiger charge is 2.11. The molecular weight excluding hydrogens is 348 g/mol. The topological polar surface area (TPSA) is 59.8 Å². The summed E-state index contributed by atoms with van der Waals surface area (Å²) in [6.07, 6.45) is 3.24. The number of pyridine rings is 1. The van der Waals surface area contributed by atoms with E-state index in [0.717, 1.165) is 36.2 Å². The molecular formula is C23H22N4O. The Kier molecular flexibility index (Phi) is 5.43. The average molecular weight is 370 g/mol. The number of para-hydroxylation sites is 2. The number of fused-ring (bicyclic) bond motifs is 1. The molecule has 0 aliphatic carbocycles. The van der Waals surface area contributed by atoms with Crippen molar-refractivity contribution in [3.8, 4) is 0 Å². The first-order valence-electron chi connectivity index (χ1n) is 9.48. The molecule has 0 atom stereocenters. The summed E-state index contributed by atoms with van der Waals surface area (Å²) in [5.74, 6) is 0.899. The number of benzene rings is 2. The van der Waals surface area contributed by atoms with Gasteiger partial charge in [-0.25, -0.2) is 4.98 Å². The molecule has 0 saturated heterocycles. The standard InChI is InChI=1S/C23H22N4O/c28-23(20-12-6-7-15-24-20)25-16-8-14-22-26-19-11-4-5-13-21(19)27(22)17-18-9-2-1-3-10-18/h1-7,9-13,15H,8,14,16-17H2,(H,25,28). The molecule has 0 unspecified atom stereocenters. The summed E-state index contributed by atoms with van der Waals surface area (Å²) in [6.45, 7) is 1.38. The maximum absolute atomic E-state index is 12.1. The van der Waals surface area contributed by atoms with Crippen LogP contribution in [0.5, 0.6) is 0 Å². The molecule has 4 rings (SSSR count). The van der Waals surface area contributed by atoms with Crippen molar-refractivity contribution in [2.24, 2.45) is 0 Å². The lowest BCUT2D eigenvalue weighted by molar-refractivity contribution is 0.0948. The fraction of sp³-hybridized carbons (Fsp3) is 0.174.